The number of ether oxygens (including phenoxy) is 1. The van der Waals surface area contributed by atoms with Crippen molar-refractivity contribution < 1.29 is 14.6 Å². The number of carbonyl (C=O) groups is 1. The second-order valence-corrected chi connectivity index (χ2v) is 10.4. The van der Waals surface area contributed by atoms with Crippen LogP contribution in [0.15, 0.2) is 18.2 Å². The van der Waals surface area contributed by atoms with Crippen molar-refractivity contribution in [3.05, 3.63) is 23.8 Å². The van der Waals surface area contributed by atoms with Gasteiger partial charge in [0.2, 0.25) is 0 Å². The number of benzene rings is 1. The predicted molar refractivity (Wildman–Crippen MR) is 137 cm³/mol. The van der Waals surface area contributed by atoms with Crippen LogP contribution in [0.1, 0.15) is 109 Å². The number of methoxy groups -OCH3 is 1. The van der Waals surface area contributed by atoms with Crippen molar-refractivity contribution >= 4 is 11.7 Å². The summed E-state index contributed by atoms with van der Waals surface area (Å²) in [6.07, 6.45) is 13.4. The molecule has 0 aliphatic heterocycles. The van der Waals surface area contributed by atoms with Gasteiger partial charge in [-0.2, -0.15) is 0 Å². The Kier molecular flexibility index (Phi) is 14.2. The van der Waals surface area contributed by atoms with Crippen molar-refractivity contribution in [3.8, 4) is 5.75 Å². The molecule has 0 aromatic heterocycles. The number of carboxylic acids is 1. The Labute approximate surface area is 197 Å². The second-order valence-electron chi connectivity index (χ2n) is 10.4. The third kappa shape index (κ3) is 12.4. The van der Waals surface area contributed by atoms with Gasteiger partial charge in [-0.15, -0.1) is 0 Å². The second kappa shape index (κ2) is 16.0. The smallest absolute Gasteiger partial charge is 0.339 e. The van der Waals surface area contributed by atoms with Crippen molar-refractivity contribution in [1.29, 1.82) is 0 Å². The molecule has 3 unspecified atom stereocenters. The van der Waals surface area contributed by atoms with E-state index in [1.165, 1.54) is 64.9 Å². The Balaban J connectivity index is 2.14. The highest BCUT2D eigenvalue weighted by Gasteiger charge is 2.12. The molecule has 1 aromatic carbocycles. The molecule has 1 rings (SSSR count). The topological polar surface area (TPSA) is 58.6 Å². The maximum Gasteiger partial charge on any atom is 0.339 e. The van der Waals surface area contributed by atoms with E-state index in [0.29, 0.717) is 11.7 Å². The Hall–Kier alpha value is -1.71. The van der Waals surface area contributed by atoms with Gasteiger partial charge in [-0.3, -0.25) is 0 Å². The number of nitrogens with one attached hydrogen (secondary N) is 1. The van der Waals surface area contributed by atoms with Crippen molar-refractivity contribution in [1.82, 2.24) is 0 Å². The highest BCUT2D eigenvalue weighted by molar-refractivity contribution is 5.91. The zero-order valence-electron chi connectivity index (χ0n) is 21.6. The highest BCUT2D eigenvalue weighted by atomic mass is 16.5. The summed E-state index contributed by atoms with van der Waals surface area (Å²) in [6, 6.07) is 5.17. The number of anilines is 1. The summed E-state index contributed by atoms with van der Waals surface area (Å²) in [4.78, 5) is 11.2. The quantitative estimate of drug-likeness (QED) is 0.238. The van der Waals surface area contributed by atoms with Gasteiger partial charge in [0, 0.05) is 18.3 Å². The Bertz CT molecular complexity index is 644. The molecule has 0 amide bonds. The van der Waals surface area contributed by atoms with Crippen LogP contribution in [0.4, 0.5) is 5.69 Å². The van der Waals surface area contributed by atoms with Gasteiger partial charge < -0.3 is 15.2 Å². The molecule has 4 heteroatoms. The highest BCUT2D eigenvalue weighted by Crippen LogP contribution is 2.25. The van der Waals surface area contributed by atoms with Gasteiger partial charge in [-0.1, -0.05) is 92.4 Å². The first-order chi connectivity index (χ1) is 15.2. The largest absolute Gasteiger partial charge is 0.496 e. The van der Waals surface area contributed by atoms with Gasteiger partial charge in [0.15, 0.2) is 0 Å². The molecule has 2 N–H and O–H groups in total. The van der Waals surface area contributed by atoms with Gasteiger partial charge in [0.25, 0.3) is 0 Å². The van der Waals surface area contributed by atoms with Crippen LogP contribution in [0.5, 0.6) is 5.75 Å². The van der Waals surface area contributed by atoms with E-state index in [1.807, 2.05) is 6.07 Å². The van der Waals surface area contributed by atoms with Gasteiger partial charge in [-0.25, -0.2) is 4.79 Å². The molecule has 0 saturated heterocycles. The number of hydrogen-bond acceptors (Lipinski definition) is 3. The predicted octanol–water partition coefficient (Wildman–Crippen LogP) is 8.27. The number of rotatable bonds is 18. The van der Waals surface area contributed by atoms with Crippen LogP contribution in [0.2, 0.25) is 0 Å². The Morgan fingerprint density at radius 3 is 1.81 bits per heavy atom. The molecule has 1 aromatic rings. The standard InChI is InChI=1S/C28H49NO3/c1-21(2)10-7-11-22(3)12-8-13-23(4)14-9-15-24(5)18-19-29-25-16-17-26(28(30)31)27(20-25)32-6/h16-17,20-24,29H,7-15,18-19H2,1-6H3,(H,30,31). The van der Waals surface area contributed by atoms with E-state index in [1.54, 1.807) is 12.1 Å². The van der Waals surface area contributed by atoms with E-state index in [0.717, 1.165) is 36.4 Å². The van der Waals surface area contributed by atoms with Crippen LogP contribution in [0.25, 0.3) is 0 Å². The summed E-state index contributed by atoms with van der Waals surface area (Å²) in [7, 11) is 1.50. The third-order valence-electron chi connectivity index (χ3n) is 6.66. The number of hydrogen-bond donors (Lipinski definition) is 2. The van der Waals surface area contributed by atoms with E-state index in [4.69, 9.17) is 4.74 Å². The molecule has 0 aliphatic rings. The van der Waals surface area contributed by atoms with E-state index < -0.39 is 5.97 Å². The minimum Gasteiger partial charge on any atom is -0.496 e. The Morgan fingerprint density at radius 1 is 0.844 bits per heavy atom. The first-order valence-electron chi connectivity index (χ1n) is 12.9. The molecular formula is C28H49NO3. The Morgan fingerprint density at radius 2 is 1.34 bits per heavy atom. The lowest BCUT2D eigenvalue weighted by Gasteiger charge is -2.17. The minimum atomic E-state index is -0.965. The van der Waals surface area contributed by atoms with Crippen LogP contribution in [0.3, 0.4) is 0 Å². The average Bonchev–Trinajstić information content (AvgIpc) is 2.73. The molecule has 4 nitrogen and oxygen atoms in total. The lowest BCUT2D eigenvalue weighted by atomic mass is 9.91. The summed E-state index contributed by atoms with van der Waals surface area (Å²) in [5.41, 5.74) is 1.10. The molecule has 0 aliphatic carbocycles. The molecule has 0 heterocycles. The van der Waals surface area contributed by atoms with Gasteiger partial charge in [0.1, 0.15) is 11.3 Å². The maximum absolute atomic E-state index is 11.2. The zero-order valence-corrected chi connectivity index (χ0v) is 21.6. The first-order valence-corrected chi connectivity index (χ1v) is 12.9. The van der Waals surface area contributed by atoms with Gasteiger partial charge in [-0.05, 0) is 42.2 Å². The molecule has 0 fully saturated rings. The van der Waals surface area contributed by atoms with Crippen molar-refractivity contribution in [2.75, 3.05) is 19.0 Å². The number of aromatic carboxylic acids is 1. The SMILES string of the molecule is COc1cc(NCCC(C)CCCC(C)CCCC(C)CCCC(C)C)ccc1C(=O)O. The summed E-state index contributed by atoms with van der Waals surface area (Å²) in [6.45, 7) is 12.7. The fourth-order valence-corrected chi connectivity index (χ4v) is 4.38. The van der Waals surface area contributed by atoms with Crippen molar-refractivity contribution in [3.63, 3.8) is 0 Å². The fourth-order valence-electron chi connectivity index (χ4n) is 4.38. The fraction of sp³-hybridized carbons (Fsp3) is 0.750. The molecule has 0 spiro atoms. The summed E-state index contributed by atoms with van der Waals surface area (Å²) in [5, 5.41) is 12.6. The van der Waals surface area contributed by atoms with Crippen LogP contribution in [-0.4, -0.2) is 24.7 Å². The van der Waals surface area contributed by atoms with Crippen molar-refractivity contribution in [2.24, 2.45) is 23.7 Å². The maximum atomic E-state index is 11.2. The molecule has 184 valence electrons. The van der Waals surface area contributed by atoms with Crippen LogP contribution < -0.4 is 10.1 Å². The van der Waals surface area contributed by atoms with Crippen molar-refractivity contribution in [2.45, 2.75) is 98.8 Å². The summed E-state index contributed by atoms with van der Waals surface area (Å²) >= 11 is 0. The van der Waals surface area contributed by atoms with E-state index in [2.05, 4.69) is 39.9 Å². The molecule has 0 saturated carbocycles. The molecular weight excluding hydrogens is 398 g/mol. The lowest BCUT2D eigenvalue weighted by Crippen LogP contribution is -2.08. The van der Waals surface area contributed by atoms with E-state index in [-0.39, 0.29) is 5.56 Å². The van der Waals surface area contributed by atoms with Gasteiger partial charge in [0.05, 0.1) is 7.11 Å². The zero-order chi connectivity index (χ0) is 23.9. The van der Waals surface area contributed by atoms with Crippen LogP contribution in [-0.2, 0) is 0 Å². The van der Waals surface area contributed by atoms with Gasteiger partial charge >= 0.3 is 5.97 Å². The molecule has 32 heavy (non-hydrogen) atoms. The number of carboxylic acid groups (broad SMARTS) is 1. The minimum absolute atomic E-state index is 0.195. The first kappa shape index (κ1) is 28.3. The third-order valence-corrected chi connectivity index (χ3v) is 6.66. The van der Waals surface area contributed by atoms with Crippen LogP contribution >= 0.6 is 0 Å². The molecule has 3 atom stereocenters. The summed E-state index contributed by atoms with van der Waals surface area (Å²) in [5.74, 6) is 2.68. The average molecular weight is 448 g/mol. The monoisotopic (exact) mass is 447 g/mol. The lowest BCUT2D eigenvalue weighted by molar-refractivity contribution is 0.0693. The molecule has 0 radical (unpaired) electrons. The normalized spacial score (nSPS) is 14.2. The molecule has 0 bridgehead atoms. The van der Waals surface area contributed by atoms with E-state index in [9.17, 15) is 9.90 Å². The van der Waals surface area contributed by atoms with E-state index >= 15 is 0 Å². The summed E-state index contributed by atoms with van der Waals surface area (Å²) < 4.78 is 5.20. The van der Waals surface area contributed by atoms with Crippen LogP contribution in [0, 0.1) is 23.7 Å².